The summed E-state index contributed by atoms with van der Waals surface area (Å²) in [5.74, 6) is -1.13. The van der Waals surface area contributed by atoms with Crippen LogP contribution in [0.5, 0.6) is 0 Å². The maximum absolute atomic E-state index is 12.1. The zero-order valence-corrected chi connectivity index (χ0v) is 12.7. The molecule has 1 saturated heterocycles. The minimum Gasteiger partial charge on any atom is -0.480 e. The fourth-order valence-corrected chi connectivity index (χ4v) is 2.78. The van der Waals surface area contributed by atoms with Crippen LogP contribution in [-0.4, -0.2) is 40.5 Å². The number of likely N-dealkylation sites (tertiary alicyclic amines) is 1. The van der Waals surface area contributed by atoms with Gasteiger partial charge in [0.05, 0.1) is 17.3 Å². The van der Waals surface area contributed by atoms with Crippen molar-refractivity contribution in [1.82, 2.24) is 4.90 Å². The van der Waals surface area contributed by atoms with Crippen molar-refractivity contribution in [2.75, 3.05) is 18.4 Å². The number of piperidine rings is 1. The molecule has 1 fully saturated rings. The number of nitrogens with one attached hydrogen (secondary N) is 1. The second kappa shape index (κ2) is 6.45. The van der Waals surface area contributed by atoms with Crippen LogP contribution in [0, 0.1) is 0 Å². The number of hydrogen-bond donors (Lipinski definition) is 2. The third-order valence-electron chi connectivity index (χ3n) is 3.98. The highest BCUT2D eigenvalue weighted by Gasteiger charge is 2.41. The molecule has 1 aliphatic heterocycles. The number of hydrogen-bond acceptors (Lipinski definition) is 3. The first-order valence-electron chi connectivity index (χ1n) is 6.96. The first kappa shape index (κ1) is 15.8. The van der Waals surface area contributed by atoms with Gasteiger partial charge in [-0.15, -0.1) is 0 Å². The second-order valence-electron chi connectivity index (χ2n) is 5.49. The molecule has 2 rings (SSSR count). The molecule has 0 bridgehead atoms. The van der Waals surface area contributed by atoms with Crippen LogP contribution < -0.4 is 5.32 Å². The highest BCUT2D eigenvalue weighted by Crippen LogP contribution is 2.28. The van der Waals surface area contributed by atoms with E-state index < -0.39 is 11.5 Å². The lowest BCUT2D eigenvalue weighted by Gasteiger charge is -2.41. The van der Waals surface area contributed by atoms with Crippen LogP contribution in [0.3, 0.4) is 0 Å². The van der Waals surface area contributed by atoms with Crippen LogP contribution in [0.4, 0.5) is 5.69 Å². The third-order valence-corrected chi connectivity index (χ3v) is 4.31. The fourth-order valence-electron chi connectivity index (χ4n) is 2.60. The van der Waals surface area contributed by atoms with Crippen LogP contribution in [0.15, 0.2) is 24.3 Å². The molecule has 1 atom stereocenters. The van der Waals surface area contributed by atoms with Gasteiger partial charge in [-0.2, -0.15) is 0 Å². The van der Waals surface area contributed by atoms with Crippen LogP contribution in [0.2, 0.25) is 5.02 Å². The van der Waals surface area contributed by atoms with Crippen LogP contribution >= 0.6 is 11.6 Å². The highest BCUT2D eigenvalue weighted by atomic mass is 35.5. The van der Waals surface area contributed by atoms with Gasteiger partial charge in [-0.25, -0.2) is 0 Å². The van der Waals surface area contributed by atoms with E-state index in [1.165, 1.54) is 0 Å². The van der Waals surface area contributed by atoms with Gasteiger partial charge in [-0.1, -0.05) is 23.7 Å². The number of rotatable bonds is 4. The monoisotopic (exact) mass is 310 g/mol. The van der Waals surface area contributed by atoms with E-state index in [-0.39, 0.29) is 12.5 Å². The molecule has 1 unspecified atom stereocenters. The molecule has 5 nitrogen and oxygen atoms in total. The Hall–Kier alpha value is -1.59. The van der Waals surface area contributed by atoms with Crippen LogP contribution in [0.25, 0.3) is 0 Å². The number of halogens is 1. The molecule has 1 aromatic carbocycles. The summed E-state index contributed by atoms with van der Waals surface area (Å²) in [5, 5.41) is 12.6. The van der Waals surface area contributed by atoms with Gasteiger partial charge >= 0.3 is 5.97 Å². The SMILES string of the molecule is CC1(C(=O)O)CCCCN1CC(=O)Nc1ccccc1Cl. The van der Waals surface area contributed by atoms with Gasteiger partial charge in [0.15, 0.2) is 0 Å². The number of benzene rings is 1. The van der Waals surface area contributed by atoms with E-state index in [1.807, 2.05) is 0 Å². The number of nitrogens with zero attached hydrogens (tertiary/aromatic N) is 1. The molecule has 0 radical (unpaired) electrons. The van der Waals surface area contributed by atoms with Gasteiger partial charge in [0.2, 0.25) is 5.91 Å². The molecule has 6 heteroatoms. The summed E-state index contributed by atoms with van der Waals surface area (Å²) >= 11 is 6.00. The lowest BCUT2D eigenvalue weighted by molar-refractivity contribution is -0.153. The van der Waals surface area contributed by atoms with Gasteiger partial charge < -0.3 is 10.4 Å². The second-order valence-corrected chi connectivity index (χ2v) is 5.89. The van der Waals surface area contributed by atoms with Crippen LogP contribution in [0.1, 0.15) is 26.2 Å². The number of carbonyl (C=O) groups excluding carboxylic acids is 1. The molecule has 0 saturated carbocycles. The topological polar surface area (TPSA) is 69.6 Å². The van der Waals surface area contributed by atoms with Crippen molar-refractivity contribution in [2.45, 2.75) is 31.7 Å². The molecule has 1 amide bonds. The molecule has 1 aromatic rings. The van der Waals surface area contributed by atoms with Crippen molar-refractivity contribution in [3.05, 3.63) is 29.3 Å². The van der Waals surface area contributed by atoms with E-state index in [1.54, 1.807) is 36.1 Å². The Morgan fingerprint density at radius 3 is 2.76 bits per heavy atom. The van der Waals surface area contributed by atoms with Crippen molar-refractivity contribution in [2.24, 2.45) is 0 Å². The predicted octanol–water partition coefficient (Wildman–Crippen LogP) is 2.61. The standard InChI is InChI=1S/C15H19ClN2O3/c1-15(14(20)21)8-4-5-9-18(15)10-13(19)17-12-7-3-2-6-11(12)16/h2-3,6-7H,4-5,8-10H2,1H3,(H,17,19)(H,20,21). The summed E-state index contributed by atoms with van der Waals surface area (Å²) in [5.41, 5.74) is -0.436. The van der Waals surface area contributed by atoms with Gasteiger partial charge in [-0.05, 0) is 44.9 Å². The van der Waals surface area contributed by atoms with Crippen molar-refractivity contribution in [3.8, 4) is 0 Å². The normalized spacial score (nSPS) is 22.8. The molecule has 2 N–H and O–H groups in total. The molecule has 0 aliphatic carbocycles. The molecule has 1 aliphatic rings. The third kappa shape index (κ3) is 3.54. The van der Waals surface area contributed by atoms with Gasteiger partial charge in [0.25, 0.3) is 0 Å². The average Bonchev–Trinajstić information content (AvgIpc) is 2.44. The summed E-state index contributed by atoms with van der Waals surface area (Å²) in [4.78, 5) is 25.4. The number of aliphatic carboxylic acids is 1. The quantitative estimate of drug-likeness (QED) is 0.897. The minimum absolute atomic E-state index is 0.0496. The summed E-state index contributed by atoms with van der Waals surface area (Å²) in [7, 11) is 0. The summed E-state index contributed by atoms with van der Waals surface area (Å²) in [6, 6.07) is 6.97. The summed E-state index contributed by atoms with van der Waals surface area (Å²) < 4.78 is 0. The number of anilines is 1. The summed E-state index contributed by atoms with van der Waals surface area (Å²) in [6.07, 6.45) is 2.33. The summed E-state index contributed by atoms with van der Waals surface area (Å²) in [6.45, 7) is 2.34. The Bertz CT molecular complexity index is 549. The van der Waals surface area contributed by atoms with Gasteiger partial charge in [0.1, 0.15) is 5.54 Å². The smallest absolute Gasteiger partial charge is 0.323 e. The Kier molecular flexibility index (Phi) is 4.85. The lowest BCUT2D eigenvalue weighted by atomic mass is 9.88. The fraction of sp³-hybridized carbons (Fsp3) is 0.467. The minimum atomic E-state index is -0.976. The number of carbonyl (C=O) groups is 2. The average molecular weight is 311 g/mol. The zero-order valence-electron chi connectivity index (χ0n) is 11.9. The van der Waals surface area contributed by atoms with Crippen molar-refractivity contribution >= 4 is 29.2 Å². The predicted molar refractivity (Wildman–Crippen MR) is 81.5 cm³/mol. The highest BCUT2D eigenvalue weighted by molar-refractivity contribution is 6.33. The maximum Gasteiger partial charge on any atom is 0.323 e. The first-order chi connectivity index (χ1) is 9.93. The molecular formula is C15H19ClN2O3. The van der Waals surface area contributed by atoms with Crippen molar-refractivity contribution in [1.29, 1.82) is 0 Å². The zero-order chi connectivity index (χ0) is 15.5. The van der Waals surface area contributed by atoms with E-state index in [0.717, 1.165) is 12.8 Å². The Morgan fingerprint density at radius 1 is 1.38 bits per heavy atom. The maximum atomic E-state index is 12.1. The van der Waals surface area contributed by atoms with Gasteiger partial charge in [0, 0.05) is 0 Å². The van der Waals surface area contributed by atoms with Crippen molar-refractivity contribution in [3.63, 3.8) is 0 Å². The number of para-hydroxylation sites is 1. The van der Waals surface area contributed by atoms with E-state index in [2.05, 4.69) is 5.32 Å². The van der Waals surface area contributed by atoms with E-state index in [4.69, 9.17) is 11.6 Å². The van der Waals surface area contributed by atoms with Crippen molar-refractivity contribution < 1.29 is 14.7 Å². The van der Waals surface area contributed by atoms with E-state index in [9.17, 15) is 14.7 Å². The number of amides is 1. The molecular weight excluding hydrogens is 292 g/mol. The molecule has 0 spiro atoms. The Morgan fingerprint density at radius 2 is 2.10 bits per heavy atom. The molecule has 0 aromatic heterocycles. The van der Waals surface area contributed by atoms with E-state index >= 15 is 0 Å². The Balaban J connectivity index is 2.04. The lowest BCUT2D eigenvalue weighted by Crippen LogP contribution is -2.57. The number of carboxylic acid groups (broad SMARTS) is 1. The van der Waals surface area contributed by atoms with Gasteiger partial charge in [-0.3, -0.25) is 14.5 Å². The molecule has 1 heterocycles. The van der Waals surface area contributed by atoms with Crippen LogP contribution in [-0.2, 0) is 9.59 Å². The largest absolute Gasteiger partial charge is 0.480 e. The Labute approximate surface area is 128 Å². The molecule has 114 valence electrons. The molecule has 21 heavy (non-hydrogen) atoms. The van der Waals surface area contributed by atoms with E-state index in [0.29, 0.717) is 23.7 Å². The first-order valence-corrected chi connectivity index (χ1v) is 7.34. The number of carboxylic acids is 1.